The lowest BCUT2D eigenvalue weighted by Crippen LogP contribution is -2.50. The molecule has 1 aromatic carbocycles. The number of aromatic carboxylic acids is 1. The van der Waals surface area contributed by atoms with Crippen molar-refractivity contribution in [1.29, 1.82) is 0 Å². The van der Waals surface area contributed by atoms with E-state index in [2.05, 4.69) is 29.6 Å². The molecule has 2 heterocycles. The normalized spacial score (nSPS) is 30.8. The Morgan fingerprint density at radius 3 is 3.04 bits per heavy atom. The Kier molecular flexibility index (Phi) is 3.77. The van der Waals surface area contributed by atoms with Gasteiger partial charge in [0.2, 0.25) is 0 Å². The molecule has 4 heteroatoms. The largest absolute Gasteiger partial charge is 0.478 e. The highest BCUT2D eigenvalue weighted by Crippen LogP contribution is 2.44. The molecular formula is C20H21NO3. The highest BCUT2D eigenvalue weighted by Gasteiger charge is 2.44. The first kappa shape index (κ1) is 15.2. The minimum absolute atomic E-state index is 0.0821. The predicted octanol–water partition coefficient (Wildman–Crippen LogP) is 3.37. The first-order valence-electron chi connectivity index (χ1n) is 8.41. The summed E-state index contributed by atoms with van der Waals surface area (Å²) in [6.45, 7) is 2.61. The fraction of sp³-hybridized carbons (Fsp3) is 0.350. The third-order valence-corrected chi connectivity index (χ3v) is 5.29. The van der Waals surface area contributed by atoms with Gasteiger partial charge in [0.1, 0.15) is 0 Å². The van der Waals surface area contributed by atoms with Crippen molar-refractivity contribution in [2.45, 2.75) is 25.5 Å². The Balaban J connectivity index is 1.84. The second-order valence-electron chi connectivity index (χ2n) is 6.66. The Labute approximate surface area is 141 Å². The summed E-state index contributed by atoms with van der Waals surface area (Å²) in [7, 11) is 0. The van der Waals surface area contributed by atoms with Crippen LogP contribution >= 0.6 is 0 Å². The van der Waals surface area contributed by atoms with Crippen LogP contribution in [0.25, 0.3) is 0 Å². The molecule has 0 saturated carbocycles. The Morgan fingerprint density at radius 2 is 2.21 bits per heavy atom. The molecule has 4 atom stereocenters. The number of aryl methyl sites for hydroxylation is 1. The summed E-state index contributed by atoms with van der Waals surface area (Å²) < 4.78 is 6.09. The van der Waals surface area contributed by atoms with E-state index in [1.807, 2.05) is 19.1 Å². The van der Waals surface area contributed by atoms with E-state index in [-0.39, 0.29) is 18.1 Å². The zero-order valence-electron chi connectivity index (χ0n) is 13.6. The lowest BCUT2D eigenvalue weighted by molar-refractivity contribution is -0.0257. The number of carbonyl (C=O) groups is 1. The smallest absolute Gasteiger partial charge is 0.336 e. The van der Waals surface area contributed by atoms with E-state index in [1.165, 1.54) is 0 Å². The van der Waals surface area contributed by atoms with Gasteiger partial charge >= 0.3 is 5.97 Å². The molecule has 0 spiro atoms. The van der Waals surface area contributed by atoms with Gasteiger partial charge in [-0.1, -0.05) is 36.4 Å². The van der Waals surface area contributed by atoms with Crippen molar-refractivity contribution in [3.05, 3.63) is 71.0 Å². The molecule has 0 amide bonds. The van der Waals surface area contributed by atoms with Crippen LogP contribution in [-0.2, 0) is 4.74 Å². The van der Waals surface area contributed by atoms with Gasteiger partial charge in [-0.15, -0.1) is 0 Å². The molecular weight excluding hydrogens is 302 g/mol. The molecule has 1 aliphatic carbocycles. The Hall–Kier alpha value is -2.33. The molecule has 1 fully saturated rings. The molecule has 2 aliphatic heterocycles. The Morgan fingerprint density at radius 1 is 1.33 bits per heavy atom. The second kappa shape index (κ2) is 5.95. The molecule has 4 unspecified atom stereocenters. The number of carboxylic acid groups (broad SMARTS) is 1. The van der Waals surface area contributed by atoms with Crippen molar-refractivity contribution in [3.8, 4) is 0 Å². The highest BCUT2D eigenvalue weighted by molar-refractivity contribution is 5.90. The van der Waals surface area contributed by atoms with Crippen LogP contribution in [0.15, 0.2) is 54.3 Å². The minimum atomic E-state index is -0.882. The standard InChI is InChI=1S/C20H21NO3/c1-12-6-4-8-14(20(22)23)17(12)18-15-9-5-11-24-19(15)13-7-2-3-10-16(13)21-18/h2-6,8-10,13,15,18-19,21H,7,11H2,1H3,(H,22,23). The minimum Gasteiger partial charge on any atom is -0.478 e. The summed E-state index contributed by atoms with van der Waals surface area (Å²) >= 11 is 0. The summed E-state index contributed by atoms with van der Waals surface area (Å²) in [5.41, 5.74) is 3.38. The molecule has 0 aromatic heterocycles. The van der Waals surface area contributed by atoms with Gasteiger partial charge in [0.25, 0.3) is 0 Å². The average molecular weight is 323 g/mol. The molecule has 0 radical (unpaired) electrons. The van der Waals surface area contributed by atoms with Gasteiger partial charge in [0, 0.05) is 17.5 Å². The maximum absolute atomic E-state index is 11.8. The van der Waals surface area contributed by atoms with Crippen molar-refractivity contribution in [2.75, 3.05) is 6.61 Å². The number of hydrogen-bond donors (Lipinski definition) is 2. The molecule has 4 nitrogen and oxygen atoms in total. The van der Waals surface area contributed by atoms with Crippen LogP contribution in [0.2, 0.25) is 0 Å². The lowest BCUT2D eigenvalue weighted by Gasteiger charge is -2.47. The quantitative estimate of drug-likeness (QED) is 0.819. The third-order valence-electron chi connectivity index (χ3n) is 5.29. The molecule has 24 heavy (non-hydrogen) atoms. The van der Waals surface area contributed by atoms with Gasteiger partial charge in [-0.2, -0.15) is 0 Å². The molecule has 2 N–H and O–H groups in total. The second-order valence-corrected chi connectivity index (χ2v) is 6.66. The van der Waals surface area contributed by atoms with E-state index in [0.29, 0.717) is 18.1 Å². The van der Waals surface area contributed by atoms with E-state index >= 15 is 0 Å². The SMILES string of the molecule is Cc1cccc(C(=O)O)c1C1NC2=CC=CCC2C2OCC=CC12. The van der Waals surface area contributed by atoms with Gasteiger partial charge in [-0.05, 0) is 36.6 Å². The maximum atomic E-state index is 11.8. The maximum Gasteiger partial charge on any atom is 0.336 e. The number of rotatable bonds is 2. The van der Waals surface area contributed by atoms with Crippen LogP contribution < -0.4 is 5.32 Å². The number of hydrogen-bond acceptors (Lipinski definition) is 3. The van der Waals surface area contributed by atoms with E-state index in [9.17, 15) is 9.90 Å². The summed E-state index contributed by atoms with van der Waals surface area (Å²) in [6, 6.07) is 5.39. The van der Waals surface area contributed by atoms with Crippen LogP contribution in [0.4, 0.5) is 0 Å². The van der Waals surface area contributed by atoms with Crippen molar-refractivity contribution >= 4 is 5.97 Å². The van der Waals surface area contributed by atoms with E-state index in [4.69, 9.17) is 4.74 Å². The van der Waals surface area contributed by atoms with E-state index in [1.54, 1.807) is 12.1 Å². The van der Waals surface area contributed by atoms with Crippen molar-refractivity contribution in [1.82, 2.24) is 5.32 Å². The average Bonchev–Trinajstić information content (AvgIpc) is 2.61. The molecule has 4 rings (SSSR count). The molecule has 124 valence electrons. The zero-order chi connectivity index (χ0) is 16.7. The number of allylic oxidation sites excluding steroid dienone is 3. The van der Waals surface area contributed by atoms with Gasteiger partial charge in [-0.3, -0.25) is 0 Å². The number of ether oxygens (including phenoxy) is 1. The first-order valence-corrected chi connectivity index (χ1v) is 8.41. The van der Waals surface area contributed by atoms with Crippen LogP contribution in [-0.4, -0.2) is 23.8 Å². The zero-order valence-corrected chi connectivity index (χ0v) is 13.6. The van der Waals surface area contributed by atoms with Crippen molar-refractivity contribution < 1.29 is 14.6 Å². The van der Waals surface area contributed by atoms with Crippen LogP contribution in [0.3, 0.4) is 0 Å². The fourth-order valence-electron chi connectivity index (χ4n) is 4.22. The van der Waals surface area contributed by atoms with Crippen molar-refractivity contribution in [3.63, 3.8) is 0 Å². The molecule has 1 saturated heterocycles. The first-order chi connectivity index (χ1) is 11.7. The summed E-state index contributed by atoms with van der Waals surface area (Å²) in [5, 5.41) is 13.3. The molecule has 1 aromatic rings. The van der Waals surface area contributed by atoms with Crippen LogP contribution in [0.1, 0.15) is 33.9 Å². The molecule has 0 bridgehead atoms. The van der Waals surface area contributed by atoms with Gasteiger partial charge < -0.3 is 15.2 Å². The third kappa shape index (κ3) is 2.38. The predicted molar refractivity (Wildman–Crippen MR) is 91.7 cm³/mol. The number of piperidine rings is 1. The van der Waals surface area contributed by atoms with E-state index in [0.717, 1.165) is 23.2 Å². The summed E-state index contributed by atoms with van der Waals surface area (Å²) in [4.78, 5) is 11.8. The number of fused-ring (bicyclic) bond motifs is 3. The highest BCUT2D eigenvalue weighted by atomic mass is 16.5. The van der Waals surface area contributed by atoms with E-state index < -0.39 is 5.97 Å². The summed E-state index contributed by atoms with van der Waals surface area (Å²) in [5.74, 6) is -0.433. The monoisotopic (exact) mass is 323 g/mol. The topological polar surface area (TPSA) is 58.6 Å². The summed E-state index contributed by atoms with van der Waals surface area (Å²) in [6.07, 6.45) is 11.6. The Bertz CT molecular complexity index is 762. The van der Waals surface area contributed by atoms with Gasteiger partial charge in [0.15, 0.2) is 0 Å². The van der Waals surface area contributed by atoms with Crippen LogP contribution in [0, 0.1) is 18.8 Å². The fourth-order valence-corrected chi connectivity index (χ4v) is 4.22. The molecule has 3 aliphatic rings. The van der Waals surface area contributed by atoms with Gasteiger partial charge in [0.05, 0.1) is 24.3 Å². The number of nitrogens with one attached hydrogen (secondary N) is 1. The number of carboxylic acids is 1. The van der Waals surface area contributed by atoms with Crippen molar-refractivity contribution in [2.24, 2.45) is 11.8 Å². The van der Waals surface area contributed by atoms with Crippen LogP contribution in [0.5, 0.6) is 0 Å². The lowest BCUT2D eigenvalue weighted by atomic mass is 9.72. The number of benzene rings is 1. The van der Waals surface area contributed by atoms with Gasteiger partial charge in [-0.25, -0.2) is 4.79 Å².